The van der Waals surface area contributed by atoms with Crippen LogP contribution in [0.4, 0.5) is 4.39 Å². The van der Waals surface area contributed by atoms with Crippen molar-refractivity contribution in [2.45, 2.75) is 45.8 Å². The average Bonchev–Trinajstić information content (AvgIpc) is 2.90. The van der Waals surface area contributed by atoms with Crippen LogP contribution in [0.1, 0.15) is 37.4 Å². The van der Waals surface area contributed by atoms with Crippen LogP contribution in [0.3, 0.4) is 0 Å². The van der Waals surface area contributed by atoms with E-state index in [2.05, 4.69) is 0 Å². The number of aryl methyl sites for hydroxylation is 1. The molecule has 156 valence electrons. The molecule has 0 atom stereocenters. The molecule has 4 rings (SSSR count). The Kier molecular flexibility index (Phi) is 3.77. The number of fused-ring (bicyclic) bond motifs is 1. The molecule has 1 aliphatic heterocycles. The van der Waals surface area contributed by atoms with Crippen LogP contribution in [-0.2, 0) is 16.3 Å². The number of aromatic nitrogens is 2. The van der Waals surface area contributed by atoms with E-state index in [1.54, 1.807) is 19.1 Å². The first-order chi connectivity index (χ1) is 15.2. The zero-order chi connectivity index (χ0) is 24.5. The van der Waals surface area contributed by atoms with E-state index in [0.717, 1.165) is 10.6 Å². The third-order valence-electron chi connectivity index (χ3n) is 6.12. The highest BCUT2D eigenvalue weighted by Crippen LogP contribution is 2.36. The third-order valence-corrected chi connectivity index (χ3v) is 6.12. The molecule has 1 fully saturated rings. The molecule has 2 heterocycles. The Morgan fingerprint density at radius 1 is 1.03 bits per heavy atom. The summed E-state index contributed by atoms with van der Waals surface area (Å²) >= 11 is 0. The van der Waals surface area contributed by atoms with Crippen molar-refractivity contribution >= 4 is 23.5 Å². The van der Waals surface area contributed by atoms with Gasteiger partial charge in [-0.2, -0.15) is 0 Å². The van der Waals surface area contributed by atoms with E-state index in [4.69, 9.17) is 13.4 Å². The smallest absolute Gasteiger partial charge is 0.399 e. The predicted octanol–water partition coefficient (Wildman–Crippen LogP) is 2.44. The first-order valence-corrected chi connectivity index (χ1v) is 9.60. The van der Waals surface area contributed by atoms with Gasteiger partial charge in [0, 0.05) is 11.1 Å². The number of hydrogen-bond donors (Lipinski definition) is 0. The molecule has 2 aromatic carbocycles. The minimum absolute atomic E-state index is 0.168. The summed E-state index contributed by atoms with van der Waals surface area (Å²) in [4.78, 5) is 26.6. The Hall–Kier alpha value is -2.71. The van der Waals surface area contributed by atoms with Crippen LogP contribution in [0.5, 0.6) is 0 Å². The first kappa shape index (κ1) is 17.0. The van der Waals surface area contributed by atoms with E-state index in [9.17, 15) is 14.0 Å². The molecule has 0 radical (unpaired) electrons. The lowest BCUT2D eigenvalue weighted by Crippen LogP contribution is -2.41. The van der Waals surface area contributed by atoms with Crippen molar-refractivity contribution in [2.24, 2.45) is 6.98 Å². The summed E-state index contributed by atoms with van der Waals surface area (Å²) in [5, 5.41) is -0.217. The molecule has 30 heavy (non-hydrogen) atoms. The molecule has 0 amide bonds. The normalized spacial score (nSPS) is 19.5. The summed E-state index contributed by atoms with van der Waals surface area (Å²) in [6, 6.07) is 8.52. The molecule has 1 aromatic heterocycles. The minimum atomic E-state index is -3.01. The van der Waals surface area contributed by atoms with E-state index in [1.807, 2.05) is 27.7 Å². The van der Waals surface area contributed by atoms with Gasteiger partial charge in [0.15, 0.2) is 0 Å². The summed E-state index contributed by atoms with van der Waals surface area (Å²) in [5.41, 5.74) is -2.47. The molecule has 0 spiro atoms. The Morgan fingerprint density at radius 3 is 2.30 bits per heavy atom. The zero-order valence-electron chi connectivity index (χ0n) is 20.4. The second kappa shape index (κ2) is 6.65. The van der Waals surface area contributed by atoms with Crippen molar-refractivity contribution in [2.75, 3.05) is 0 Å². The monoisotopic (exact) mass is 413 g/mol. The fourth-order valence-corrected chi connectivity index (χ4v) is 3.64. The van der Waals surface area contributed by atoms with E-state index in [1.165, 1.54) is 18.2 Å². The van der Waals surface area contributed by atoms with Crippen molar-refractivity contribution in [3.63, 3.8) is 0 Å². The number of para-hydroxylation sites is 1. The maximum absolute atomic E-state index is 14.6. The summed E-state index contributed by atoms with van der Waals surface area (Å²) in [5.74, 6) is -0.965. The van der Waals surface area contributed by atoms with Crippen molar-refractivity contribution in [1.29, 1.82) is 0 Å². The largest absolute Gasteiger partial charge is 0.495 e. The molecule has 0 aliphatic carbocycles. The predicted molar refractivity (Wildman–Crippen MR) is 115 cm³/mol. The zero-order valence-corrected chi connectivity index (χ0v) is 17.4. The van der Waals surface area contributed by atoms with Crippen LogP contribution >= 0.6 is 0 Å². The van der Waals surface area contributed by atoms with Gasteiger partial charge in [-0.25, -0.2) is 13.8 Å². The van der Waals surface area contributed by atoms with Crippen LogP contribution in [0, 0.1) is 12.7 Å². The fourth-order valence-electron chi connectivity index (χ4n) is 3.64. The summed E-state index contributed by atoms with van der Waals surface area (Å²) in [7, 11) is -0.756. The molecular formula is C22H24BFN2O4. The minimum Gasteiger partial charge on any atom is -0.399 e. The van der Waals surface area contributed by atoms with E-state index >= 15 is 0 Å². The maximum Gasteiger partial charge on any atom is 0.495 e. The molecule has 6 nitrogen and oxygen atoms in total. The Bertz CT molecular complexity index is 1380. The molecule has 0 N–H and O–H groups in total. The van der Waals surface area contributed by atoms with E-state index in [0.29, 0.717) is 15.6 Å². The lowest BCUT2D eigenvalue weighted by Gasteiger charge is -2.32. The van der Waals surface area contributed by atoms with E-state index in [-0.39, 0.29) is 11.1 Å². The second-order valence-electron chi connectivity index (χ2n) is 8.47. The SMILES string of the molecule is [2H]C([2H])([2H])n1c(=O)n(-c2cccc(B3OC(C)(C)C(C)(C)O3)c2C)c(=O)c2cccc(F)c21. The van der Waals surface area contributed by atoms with Gasteiger partial charge < -0.3 is 9.31 Å². The fraction of sp³-hybridized carbons (Fsp3) is 0.364. The van der Waals surface area contributed by atoms with E-state index < -0.39 is 47.9 Å². The van der Waals surface area contributed by atoms with Crippen molar-refractivity contribution < 1.29 is 17.8 Å². The quantitative estimate of drug-likeness (QED) is 0.606. The Labute approximate surface area is 178 Å². The average molecular weight is 413 g/mol. The Balaban J connectivity index is 2.02. The highest BCUT2D eigenvalue weighted by atomic mass is 19.1. The van der Waals surface area contributed by atoms with Gasteiger partial charge in [0.2, 0.25) is 0 Å². The molecule has 8 heteroatoms. The van der Waals surface area contributed by atoms with Crippen LogP contribution in [-0.4, -0.2) is 27.5 Å². The molecular weight excluding hydrogens is 386 g/mol. The van der Waals surface area contributed by atoms with Crippen LogP contribution in [0.15, 0.2) is 46.0 Å². The van der Waals surface area contributed by atoms with Crippen LogP contribution in [0.25, 0.3) is 16.6 Å². The van der Waals surface area contributed by atoms with Crippen LogP contribution < -0.4 is 16.7 Å². The van der Waals surface area contributed by atoms with Gasteiger partial charge in [-0.05, 0) is 63.8 Å². The lowest BCUT2D eigenvalue weighted by atomic mass is 9.76. The highest BCUT2D eigenvalue weighted by molar-refractivity contribution is 6.62. The molecule has 0 bridgehead atoms. The van der Waals surface area contributed by atoms with Crippen LogP contribution in [0.2, 0.25) is 0 Å². The molecule has 0 unspecified atom stereocenters. The second-order valence-corrected chi connectivity index (χ2v) is 8.47. The van der Waals surface area contributed by atoms with Gasteiger partial charge in [-0.3, -0.25) is 9.36 Å². The molecule has 0 saturated carbocycles. The maximum atomic E-state index is 14.6. The summed E-state index contributed by atoms with van der Waals surface area (Å²) in [6.07, 6.45) is 0. The van der Waals surface area contributed by atoms with Gasteiger partial charge in [-0.1, -0.05) is 18.2 Å². The number of nitrogens with zero attached hydrogens (tertiary/aromatic N) is 2. The third kappa shape index (κ3) is 2.86. The molecule has 1 aliphatic rings. The number of benzene rings is 2. The molecule has 1 saturated heterocycles. The van der Waals surface area contributed by atoms with Crippen molar-refractivity contribution in [3.05, 3.63) is 68.6 Å². The lowest BCUT2D eigenvalue weighted by molar-refractivity contribution is 0.00578. The van der Waals surface area contributed by atoms with Gasteiger partial charge in [0.25, 0.3) is 5.56 Å². The van der Waals surface area contributed by atoms with Gasteiger partial charge in [0.05, 0.1) is 27.8 Å². The van der Waals surface area contributed by atoms with Gasteiger partial charge in [0.1, 0.15) is 5.82 Å². The highest BCUT2D eigenvalue weighted by Gasteiger charge is 2.52. The van der Waals surface area contributed by atoms with Gasteiger partial charge in [-0.15, -0.1) is 0 Å². The molecule has 3 aromatic rings. The van der Waals surface area contributed by atoms with Crippen molar-refractivity contribution in [1.82, 2.24) is 9.13 Å². The first-order valence-electron chi connectivity index (χ1n) is 11.1. The Morgan fingerprint density at radius 2 is 1.67 bits per heavy atom. The topological polar surface area (TPSA) is 62.5 Å². The van der Waals surface area contributed by atoms with Crippen molar-refractivity contribution in [3.8, 4) is 5.69 Å². The van der Waals surface area contributed by atoms with Gasteiger partial charge >= 0.3 is 12.8 Å². The number of hydrogen-bond acceptors (Lipinski definition) is 4. The summed E-state index contributed by atoms with van der Waals surface area (Å²) in [6.45, 7) is 6.31. The summed E-state index contributed by atoms with van der Waals surface area (Å²) < 4.78 is 51.4. The standard InChI is InChI=1S/C22H24BFN2O4/c1-13-15(23-29-21(2,3)22(4,5)30-23)10-8-12-17(13)26-19(27)14-9-7-11-16(24)18(14)25(6)20(26)28/h7-12H,1-6H3/i6D3. The number of halogens is 1. The number of rotatable bonds is 2.